The fourth-order valence-electron chi connectivity index (χ4n) is 3.90. The fourth-order valence-corrected chi connectivity index (χ4v) is 5.20. The van der Waals surface area contributed by atoms with Crippen LogP contribution in [0.3, 0.4) is 0 Å². The van der Waals surface area contributed by atoms with Crippen LogP contribution in [0.2, 0.25) is 0 Å². The molecule has 0 spiro atoms. The molecular formula is C21H20N2O5S. The largest absolute Gasteiger partial charge is 0.509 e. The number of phenolic OH excluding ortho intramolecular Hbond substituents is 1. The van der Waals surface area contributed by atoms with Crippen molar-refractivity contribution < 1.29 is 23.4 Å². The minimum atomic E-state index is -4.16. The molecule has 0 radical (unpaired) electrons. The lowest BCUT2D eigenvalue weighted by molar-refractivity contribution is -0.128. The summed E-state index contributed by atoms with van der Waals surface area (Å²) < 4.78 is 28.7. The summed E-state index contributed by atoms with van der Waals surface area (Å²) in [5.74, 6) is -1.24. The van der Waals surface area contributed by atoms with E-state index in [1.54, 1.807) is 0 Å². The summed E-state index contributed by atoms with van der Waals surface area (Å²) in [6.07, 6.45) is 0. The van der Waals surface area contributed by atoms with Crippen molar-refractivity contribution in [1.82, 2.24) is 4.90 Å². The number of aliphatic hydroxyl groups excluding tert-OH is 1. The Hall–Kier alpha value is -3.13. The van der Waals surface area contributed by atoms with Crippen molar-refractivity contribution in [3.63, 3.8) is 0 Å². The van der Waals surface area contributed by atoms with Crippen molar-refractivity contribution in [3.8, 4) is 5.75 Å². The van der Waals surface area contributed by atoms with Gasteiger partial charge in [0.25, 0.3) is 15.9 Å². The van der Waals surface area contributed by atoms with Crippen molar-refractivity contribution in [2.24, 2.45) is 10.3 Å². The molecule has 2 N–H and O–H groups in total. The molecular weight excluding hydrogens is 392 g/mol. The fraction of sp³-hybridized carbons (Fsp3) is 0.238. The second kappa shape index (κ2) is 6.73. The van der Waals surface area contributed by atoms with Gasteiger partial charge in [0, 0.05) is 12.1 Å². The molecule has 0 unspecified atom stereocenters. The number of benzene rings is 2. The van der Waals surface area contributed by atoms with Gasteiger partial charge in [-0.05, 0) is 17.5 Å². The van der Waals surface area contributed by atoms with E-state index in [-0.39, 0.29) is 40.0 Å². The molecule has 4 rings (SSSR count). The first kappa shape index (κ1) is 19.2. The standard InChI is InChI=1S/C21H20N2O5S/c1-12(2)18-19(25)16(21(26)23(18)11-13-7-4-3-5-8-13)17-14-9-6-10-15(24)20(14)29(27,28)22-17/h3-10,12,18,24-25H,11H2,1-2H3/t18-/m0/s1. The number of aromatic hydroxyl groups is 1. The summed E-state index contributed by atoms with van der Waals surface area (Å²) in [4.78, 5) is 14.5. The van der Waals surface area contributed by atoms with E-state index < -0.39 is 27.7 Å². The zero-order valence-corrected chi connectivity index (χ0v) is 16.7. The van der Waals surface area contributed by atoms with Crippen molar-refractivity contribution in [2.45, 2.75) is 31.3 Å². The lowest BCUT2D eigenvalue weighted by atomic mass is 9.98. The monoisotopic (exact) mass is 412 g/mol. The predicted octanol–water partition coefficient (Wildman–Crippen LogP) is 2.76. The van der Waals surface area contributed by atoms with E-state index in [1.807, 2.05) is 44.2 Å². The molecule has 0 aromatic heterocycles. The zero-order valence-electron chi connectivity index (χ0n) is 15.9. The van der Waals surface area contributed by atoms with Crippen LogP contribution in [-0.4, -0.2) is 41.2 Å². The maximum Gasteiger partial charge on any atom is 0.287 e. The summed E-state index contributed by atoms with van der Waals surface area (Å²) in [6, 6.07) is 12.9. The topological polar surface area (TPSA) is 107 Å². The molecule has 2 aromatic carbocycles. The van der Waals surface area contributed by atoms with E-state index in [0.29, 0.717) is 0 Å². The predicted molar refractivity (Wildman–Crippen MR) is 107 cm³/mol. The van der Waals surface area contributed by atoms with E-state index in [0.717, 1.165) is 5.56 Å². The average Bonchev–Trinajstić information content (AvgIpc) is 3.07. The molecule has 1 amide bonds. The molecule has 0 saturated carbocycles. The highest BCUT2D eigenvalue weighted by atomic mass is 32.2. The van der Waals surface area contributed by atoms with Gasteiger partial charge < -0.3 is 15.1 Å². The lowest BCUT2D eigenvalue weighted by Gasteiger charge is -2.28. The normalized spacial score (nSPS) is 20.4. The van der Waals surface area contributed by atoms with Crippen LogP contribution >= 0.6 is 0 Å². The Labute approximate surface area is 168 Å². The van der Waals surface area contributed by atoms with Crippen molar-refractivity contribution in [1.29, 1.82) is 0 Å². The molecule has 7 nitrogen and oxygen atoms in total. The molecule has 0 bridgehead atoms. The Morgan fingerprint density at radius 3 is 2.41 bits per heavy atom. The van der Waals surface area contributed by atoms with E-state index in [4.69, 9.17) is 0 Å². The summed E-state index contributed by atoms with van der Waals surface area (Å²) in [5, 5.41) is 21.0. The number of sulfonamides is 1. The number of hydrogen-bond donors (Lipinski definition) is 2. The molecule has 150 valence electrons. The quantitative estimate of drug-likeness (QED) is 0.803. The smallest absolute Gasteiger partial charge is 0.287 e. The number of fused-ring (bicyclic) bond motifs is 1. The average molecular weight is 412 g/mol. The molecule has 1 atom stereocenters. The van der Waals surface area contributed by atoms with Crippen LogP contribution in [0.4, 0.5) is 0 Å². The van der Waals surface area contributed by atoms with Gasteiger partial charge in [-0.3, -0.25) is 4.79 Å². The van der Waals surface area contributed by atoms with Crippen LogP contribution in [0.5, 0.6) is 5.75 Å². The van der Waals surface area contributed by atoms with Crippen LogP contribution in [0.25, 0.3) is 0 Å². The van der Waals surface area contributed by atoms with Crippen molar-refractivity contribution in [3.05, 3.63) is 71.0 Å². The number of phenols is 1. The Balaban J connectivity index is 1.83. The van der Waals surface area contributed by atoms with Gasteiger partial charge in [-0.1, -0.05) is 56.3 Å². The van der Waals surface area contributed by atoms with Crippen LogP contribution in [0.1, 0.15) is 25.0 Å². The molecule has 29 heavy (non-hydrogen) atoms. The summed E-state index contributed by atoms with van der Waals surface area (Å²) in [7, 11) is -4.16. The van der Waals surface area contributed by atoms with E-state index in [9.17, 15) is 23.4 Å². The molecule has 2 aromatic rings. The number of carbonyl (C=O) groups excluding carboxylic acids is 1. The van der Waals surface area contributed by atoms with E-state index in [1.165, 1.54) is 23.1 Å². The Morgan fingerprint density at radius 2 is 1.76 bits per heavy atom. The van der Waals surface area contributed by atoms with Gasteiger partial charge in [-0.15, -0.1) is 0 Å². The minimum Gasteiger partial charge on any atom is -0.509 e. The second-order valence-corrected chi connectivity index (χ2v) is 8.98. The molecule has 2 aliphatic rings. The molecule has 2 heterocycles. The van der Waals surface area contributed by atoms with Crippen LogP contribution in [0, 0.1) is 5.92 Å². The van der Waals surface area contributed by atoms with E-state index >= 15 is 0 Å². The Bertz CT molecular complexity index is 1170. The van der Waals surface area contributed by atoms with Gasteiger partial charge in [0.2, 0.25) is 0 Å². The minimum absolute atomic E-state index is 0.109. The first-order valence-electron chi connectivity index (χ1n) is 9.18. The highest BCUT2D eigenvalue weighted by Crippen LogP contribution is 2.39. The number of hydrogen-bond acceptors (Lipinski definition) is 5. The number of carbonyl (C=O) groups is 1. The maximum absolute atomic E-state index is 13.3. The van der Waals surface area contributed by atoms with Gasteiger partial charge in [-0.25, -0.2) is 0 Å². The Kier molecular flexibility index (Phi) is 4.46. The number of rotatable bonds is 4. The van der Waals surface area contributed by atoms with Gasteiger partial charge >= 0.3 is 0 Å². The SMILES string of the molecule is CC(C)[C@H]1C(O)=C(C2=NS(=O)(=O)c3c(O)cccc32)C(=O)N1Cc1ccccc1. The first-order valence-corrected chi connectivity index (χ1v) is 10.6. The lowest BCUT2D eigenvalue weighted by Crippen LogP contribution is -2.38. The molecule has 0 fully saturated rings. The number of nitrogens with zero attached hydrogens (tertiary/aromatic N) is 2. The van der Waals surface area contributed by atoms with Crippen molar-refractivity contribution >= 4 is 21.6 Å². The second-order valence-electron chi connectivity index (χ2n) is 7.44. The summed E-state index contributed by atoms with van der Waals surface area (Å²) in [5.41, 5.74) is 0.746. The summed E-state index contributed by atoms with van der Waals surface area (Å²) in [6.45, 7) is 4.02. The van der Waals surface area contributed by atoms with Gasteiger partial charge in [-0.2, -0.15) is 12.8 Å². The number of amides is 1. The highest BCUT2D eigenvalue weighted by molar-refractivity contribution is 7.91. The number of aliphatic hydroxyl groups is 1. The van der Waals surface area contributed by atoms with Crippen molar-refractivity contribution in [2.75, 3.05) is 0 Å². The van der Waals surface area contributed by atoms with Crippen LogP contribution in [-0.2, 0) is 21.4 Å². The molecule has 2 aliphatic heterocycles. The third-order valence-corrected chi connectivity index (χ3v) is 6.50. The maximum atomic E-state index is 13.3. The first-order chi connectivity index (χ1) is 13.7. The highest BCUT2D eigenvalue weighted by Gasteiger charge is 2.46. The van der Waals surface area contributed by atoms with Gasteiger partial charge in [0.1, 0.15) is 27.7 Å². The Morgan fingerprint density at radius 1 is 1.07 bits per heavy atom. The molecule has 0 aliphatic carbocycles. The van der Waals surface area contributed by atoms with E-state index in [2.05, 4.69) is 4.40 Å². The third-order valence-electron chi connectivity index (χ3n) is 5.13. The van der Waals surface area contributed by atoms with Crippen LogP contribution in [0.15, 0.2) is 69.2 Å². The van der Waals surface area contributed by atoms with Gasteiger partial charge in [0.15, 0.2) is 0 Å². The van der Waals surface area contributed by atoms with Crippen LogP contribution < -0.4 is 0 Å². The molecule has 0 saturated heterocycles. The van der Waals surface area contributed by atoms with Gasteiger partial charge in [0.05, 0.1) is 6.04 Å². The third kappa shape index (κ3) is 3.00. The molecule has 8 heteroatoms. The zero-order chi connectivity index (χ0) is 20.9. The summed E-state index contributed by atoms with van der Waals surface area (Å²) >= 11 is 0.